The molecule has 0 N–H and O–H groups in total. The van der Waals surface area contributed by atoms with Gasteiger partial charge in [-0.15, -0.1) is 0 Å². The lowest BCUT2D eigenvalue weighted by Gasteiger charge is -2.14. The molecule has 0 radical (unpaired) electrons. The molecule has 0 aromatic heterocycles. The van der Waals surface area contributed by atoms with Crippen molar-refractivity contribution in [3.05, 3.63) is 0 Å². The Morgan fingerprint density at radius 3 is 2.54 bits per heavy atom. The van der Waals surface area contributed by atoms with Gasteiger partial charge >= 0.3 is 0 Å². The van der Waals surface area contributed by atoms with Gasteiger partial charge in [-0.1, -0.05) is 40.0 Å². The van der Waals surface area contributed by atoms with Gasteiger partial charge in [0.05, 0.1) is 6.54 Å². The van der Waals surface area contributed by atoms with Gasteiger partial charge in [0.25, 0.3) is 0 Å². The monoisotopic (exact) mass is 183 g/mol. The Morgan fingerprint density at radius 2 is 2.00 bits per heavy atom. The van der Waals surface area contributed by atoms with Crippen molar-refractivity contribution in [1.29, 1.82) is 0 Å². The van der Waals surface area contributed by atoms with E-state index < -0.39 is 0 Å². The van der Waals surface area contributed by atoms with Gasteiger partial charge in [-0.2, -0.15) is 0 Å². The number of hydrogen-bond donors (Lipinski definition) is 0. The first-order chi connectivity index (χ1) is 6.20. The van der Waals surface area contributed by atoms with E-state index in [1.54, 1.807) is 6.08 Å². The van der Waals surface area contributed by atoms with Crippen molar-refractivity contribution in [3.8, 4) is 0 Å². The molecule has 0 fully saturated rings. The summed E-state index contributed by atoms with van der Waals surface area (Å²) in [6, 6.07) is 0. The molecule has 0 aromatic carbocycles. The number of nitrogens with zero attached hydrogens (tertiary/aromatic N) is 1. The molecule has 0 spiro atoms. The number of hydrogen-bond acceptors (Lipinski definition) is 2. The third kappa shape index (κ3) is 7.73. The fourth-order valence-corrected chi connectivity index (χ4v) is 1.62. The van der Waals surface area contributed by atoms with Crippen LogP contribution in [0, 0.1) is 11.8 Å². The first-order valence-corrected chi connectivity index (χ1v) is 5.24. The molecule has 0 aromatic rings. The van der Waals surface area contributed by atoms with E-state index in [1.165, 1.54) is 25.7 Å². The molecular formula is C11H21NO. The fraction of sp³-hybridized carbons (Fsp3) is 0.909. The Hall–Kier alpha value is -0.620. The van der Waals surface area contributed by atoms with Crippen molar-refractivity contribution >= 4 is 6.08 Å². The second kappa shape index (κ2) is 8.00. The van der Waals surface area contributed by atoms with Gasteiger partial charge < -0.3 is 0 Å². The van der Waals surface area contributed by atoms with Crippen LogP contribution >= 0.6 is 0 Å². The Morgan fingerprint density at radius 1 is 1.31 bits per heavy atom. The number of carbonyl (C=O) groups excluding carboxylic acids is 1. The molecule has 0 rings (SSSR count). The maximum atomic E-state index is 9.88. The van der Waals surface area contributed by atoms with Gasteiger partial charge in [-0.25, -0.2) is 9.79 Å². The largest absolute Gasteiger partial charge is 0.234 e. The fourth-order valence-electron chi connectivity index (χ4n) is 1.62. The van der Waals surface area contributed by atoms with E-state index in [-0.39, 0.29) is 0 Å². The molecule has 0 saturated carbocycles. The molecule has 76 valence electrons. The minimum absolute atomic E-state index is 0.522. The Bertz CT molecular complexity index is 161. The van der Waals surface area contributed by atoms with Crippen LogP contribution in [0.1, 0.15) is 46.5 Å². The van der Waals surface area contributed by atoms with Crippen LogP contribution in [0.2, 0.25) is 0 Å². The minimum atomic E-state index is 0.522. The van der Waals surface area contributed by atoms with Crippen molar-refractivity contribution in [2.75, 3.05) is 6.54 Å². The molecule has 2 heteroatoms. The molecule has 0 saturated heterocycles. The van der Waals surface area contributed by atoms with Gasteiger partial charge in [0.1, 0.15) is 0 Å². The molecular weight excluding hydrogens is 162 g/mol. The first-order valence-electron chi connectivity index (χ1n) is 5.24. The third-order valence-corrected chi connectivity index (χ3v) is 2.32. The Kier molecular flexibility index (Phi) is 7.62. The van der Waals surface area contributed by atoms with E-state index in [0.717, 1.165) is 5.92 Å². The summed E-state index contributed by atoms with van der Waals surface area (Å²) in [5.41, 5.74) is 0. The zero-order valence-electron chi connectivity index (χ0n) is 9.05. The summed E-state index contributed by atoms with van der Waals surface area (Å²) in [5.74, 6) is 1.28. The Labute approximate surface area is 81.4 Å². The number of aliphatic imine (C=N–C) groups is 1. The van der Waals surface area contributed by atoms with Gasteiger partial charge in [0.15, 0.2) is 0 Å². The summed E-state index contributed by atoms with van der Waals surface area (Å²) in [5, 5.41) is 0. The van der Waals surface area contributed by atoms with Crippen LogP contribution in [0.15, 0.2) is 4.99 Å². The van der Waals surface area contributed by atoms with Gasteiger partial charge in [0, 0.05) is 0 Å². The number of isocyanates is 1. The molecule has 2 unspecified atom stereocenters. The maximum absolute atomic E-state index is 9.88. The van der Waals surface area contributed by atoms with Crippen molar-refractivity contribution < 1.29 is 4.79 Å². The van der Waals surface area contributed by atoms with E-state index in [1.807, 2.05) is 0 Å². The zero-order valence-corrected chi connectivity index (χ0v) is 9.05. The second-order valence-electron chi connectivity index (χ2n) is 4.02. The molecule has 0 aliphatic heterocycles. The maximum Gasteiger partial charge on any atom is 0.234 e. The number of rotatable bonds is 7. The third-order valence-electron chi connectivity index (χ3n) is 2.32. The van der Waals surface area contributed by atoms with Crippen molar-refractivity contribution in [3.63, 3.8) is 0 Å². The predicted octanol–water partition coefficient (Wildman–Crippen LogP) is 3.17. The predicted molar refractivity (Wildman–Crippen MR) is 55.5 cm³/mol. The number of unbranched alkanes of at least 4 members (excludes halogenated alkanes) is 1. The summed E-state index contributed by atoms with van der Waals surface area (Å²) >= 11 is 0. The summed E-state index contributed by atoms with van der Waals surface area (Å²) in [4.78, 5) is 13.5. The molecule has 13 heavy (non-hydrogen) atoms. The van der Waals surface area contributed by atoms with E-state index >= 15 is 0 Å². The van der Waals surface area contributed by atoms with E-state index in [4.69, 9.17) is 0 Å². The molecule has 0 bridgehead atoms. The highest BCUT2D eigenvalue weighted by molar-refractivity contribution is 5.32. The first kappa shape index (κ1) is 12.4. The summed E-state index contributed by atoms with van der Waals surface area (Å²) < 4.78 is 0. The molecule has 0 amide bonds. The van der Waals surface area contributed by atoms with Gasteiger partial charge in [-0.05, 0) is 18.3 Å². The zero-order chi connectivity index (χ0) is 10.1. The van der Waals surface area contributed by atoms with Crippen molar-refractivity contribution in [2.45, 2.75) is 46.5 Å². The molecule has 0 aliphatic carbocycles. The summed E-state index contributed by atoms with van der Waals surface area (Å²) in [6.45, 7) is 7.27. The normalized spacial score (nSPS) is 14.7. The quantitative estimate of drug-likeness (QED) is 0.440. The van der Waals surface area contributed by atoms with Gasteiger partial charge in [-0.3, -0.25) is 0 Å². The SMILES string of the molecule is CCCCC(C)CC(C)CN=C=O. The molecule has 0 heterocycles. The highest BCUT2D eigenvalue weighted by atomic mass is 16.1. The topological polar surface area (TPSA) is 29.4 Å². The van der Waals surface area contributed by atoms with E-state index in [9.17, 15) is 4.79 Å². The average molecular weight is 183 g/mol. The highest BCUT2D eigenvalue weighted by Gasteiger charge is 2.07. The second-order valence-corrected chi connectivity index (χ2v) is 4.02. The lowest BCUT2D eigenvalue weighted by molar-refractivity contribution is 0.391. The average Bonchev–Trinajstić information content (AvgIpc) is 2.11. The van der Waals surface area contributed by atoms with Crippen LogP contribution in [-0.4, -0.2) is 12.6 Å². The van der Waals surface area contributed by atoms with Crippen LogP contribution in [0.5, 0.6) is 0 Å². The molecule has 2 nitrogen and oxygen atoms in total. The summed E-state index contributed by atoms with van der Waals surface area (Å²) in [6.07, 6.45) is 6.64. The Balaban J connectivity index is 3.51. The van der Waals surface area contributed by atoms with Crippen LogP contribution in [0.25, 0.3) is 0 Å². The van der Waals surface area contributed by atoms with E-state index in [2.05, 4.69) is 25.8 Å². The van der Waals surface area contributed by atoms with Crippen LogP contribution < -0.4 is 0 Å². The smallest absolute Gasteiger partial charge is 0.211 e. The van der Waals surface area contributed by atoms with Crippen LogP contribution in [-0.2, 0) is 4.79 Å². The highest BCUT2D eigenvalue weighted by Crippen LogP contribution is 2.17. The van der Waals surface area contributed by atoms with Gasteiger partial charge in [0.2, 0.25) is 6.08 Å². The van der Waals surface area contributed by atoms with Crippen molar-refractivity contribution in [1.82, 2.24) is 0 Å². The molecule has 0 aliphatic rings. The standard InChI is InChI=1S/C11H21NO/c1-4-5-6-10(2)7-11(3)8-12-9-13/h10-11H,4-8H2,1-3H3. The van der Waals surface area contributed by atoms with Crippen LogP contribution in [0.3, 0.4) is 0 Å². The summed E-state index contributed by atoms with van der Waals surface area (Å²) in [7, 11) is 0. The minimum Gasteiger partial charge on any atom is -0.211 e. The van der Waals surface area contributed by atoms with E-state index in [0.29, 0.717) is 12.5 Å². The molecule has 2 atom stereocenters. The van der Waals surface area contributed by atoms with Crippen molar-refractivity contribution in [2.24, 2.45) is 16.8 Å². The van der Waals surface area contributed by atoms with Crippen LogP contribution in [0.4, 0.5) is 0 Å². The lowest BCUT2D eigenvalue weighted by Crippen LogP contribution is -2.06. The lowest BCUT2D eigenvalue weighted by atomic mass is 9.93.